The van der Waals surface area contributed by atoms with Gasteiger partial charge in [-0.3, -0.25) is 25.3 Å². The molecule has 2 heterocycles. The van der Waals surface area contributed by atoms with Crippen LogP contribution in [0.1, 0.15) is 22.1 Å². The molecule has 1 fully saturated rings. The molecule has 1 aliphatic rings. The lowest BCUT2D eigenvalue weighted by molar-refractivity contribution is -0.127. The summed E-state index contributed by atoms with van der Waals surface area (Å²) in [5.41, 5.74) is 5.74. The van der Waals surface area contributed by atoms with Crippen LogP contribution in [0.3, 0.4) is 0 Å². The SMILES string of the molecule is O=C(NNC(=O)C(c1ccccc1)N1CCS(=O)(=O)CC1)c1nn(-c2ccccc2)cc1O. The normalized spacial score (nSPS) is 16.6. The van der Waals surface area contributed by atoms with Crippen molar-refractivity contribution in [3.63, 3.8) is 0 Å². The first-order chi connectivity index (χ1) is 15.8. The number of nitrogens with one attached hydrogen (secondary N) is 2. The number of hydrogen-bond acceptors (Lipinski definition) is 7. The number of carbonyl (C=O) groups is 2. The molecule has 1 aromatic heterocycles. The van der Waals surface area contributed by atoms with Gasteiger partial charge in [0, 0.05) is 13.1 Å². The average molecular weight is 470 g/mol. The molecule has 3 aromatic rings. The molecule has 1 saturated heterocycles. The summed E-state index contributed by atoms with van der Waals surface area (Å²) >= 11 is 0. The van der Waals surface area contributed by atoms with Crippen molar-refractivity contribution in [3.8, 4) is 11.4 Å². The van der Waals surface area contributed by atoms with Gasteiger partial charge in [-0.05, 0) is 17.7 Å². The fraction of sp³-hybridized carbons (Fsp3) is 0.227. The Morgan fingerprint density at radius 2 is 1.55 bits per heavy atom. The van der Waals surface area contributed by atoms with Crippen molar-refractivity contribution in [1.29, 1.82) is 0 Å². The quantitative estimate of drug-likeness (QED) is 0.471. The summed E-state index contributed by atoms with van der Waals surface area (Å²) in [6, 6.07) is 17.1. The third-order valence-electron chi connectivity index (χ3n) is 5.34. The molecule has 3 N–H and O–H groups in total. The van der Waals surface area contributed by atoms with Gasteiger partial charge in [-0.2, -0.15) is 5.10 Å². The Morgan fingerprint density at radius 1 is 0.939 bits per heavy atom. The van der Waals surface area contributed by atoms with Gasteiger partial charge in [0.1, 0.15) is 6.04 Å². The van der Waals surface area contributed by atoms with Crippen LogP contribution in [0.5, 0.6) is 5.75 Å². The van der Waals surface area contributed by atoms with Crippen LogP contribution in [0.2, 0.25) is 0 Å². The Kier molecular flexibility index (Phi) is 6.43. The predicted molar refractivity (Wildman–Crippen MR) is 120 cm³/mol. The van der Waals surface area contributed by atoms with E-state index in [9.17, 15) is 23.1 Å². The fourth-order valence-corrected chi connectivity index (χ4v) is 4.86. The van der Waals surface area contributed by atoms with E-state index in [1.807, 2.05) is 12.1 Å². The third-order valence-corrected chi connectivity index (χ3v) is 6.95. The Hall–Kier alpha value is -3.70. The lowest BCUT2D eigenvalue weighted by Gasteiger charge is -2.33. The number of rotatable bonds is 5. The zero-order chi connectivity index (χ0) is 23.4. The molecule has 0 bridgehead atoms. The summed E-state index contributed by atoms with van der Waals surface area (Å²) in [4.78, 5) is 27.4. The molecule has 11 heteroatoms. The topological polar surface area (TPSA) is 134 Å². The van der Waals surface area contributed by atoms with Gasteiger partial charge in [-0.15, -0.1) is 0 Å². The zero-order valence-corrected chi connectivity index (χ0v) is 18.4. The maximum Gasteiger partial charge on any atom is 0.294 e. The molecule has 1 aliphatic heterocycles. The zero-order valence-electron chi connectivity index (χ0n) is 17.6. The molecule has 0 saturated carbocycles. The minimum absolute atomic E-state index is 0.0409. The van der Waals surface area contributed by atoms with Crippen molar-refractivity contribution in [1.82, 2.24) is 25.5 Å². The molecule has 33 heavy (non-hydrogen) atoms. The molecule has 10 nitrogen and oxygen atoms in total. The molecule has 4 rings (SSSR count). The largest absolute Gasteiger partial charge is 0.504 e. The maximum atomic E-state index is 13.0. The van der Waals surface area contributed by atoms with Gasteiger partial charge < -0.3 is 5.11 Å². The van der Waals surface area contributed by atoms with E-state index in [4.69, 9.17) is 0 Å². The summed E-state index contributed by atoms with van der Waals surface area (Å²) in [5.74, 6) is -1.74. The van der Waals surface area contributed by atoms with Crippen molar-refractivity contribution in [3.05, 3.63) is 78.1 Å². The van der Waals surface area contributed by atoms with Crippen LogP contribution in [0.25, 0.3) is 5.69 Å². The van der Waals surface area contributed by atoms with Crippen LogP contribution in [-0.4, -0.2) is 64.6 Å². The number of sulfone groups is 1. The molecule has 0 radical (unpaired) electrons. The van der Waals surface area contributed by atoms with Crippen LogP contribution >= 0.6 is 0 Å². The second kappa shape index (κ2) is 9.43. The molecule has 0 spiro atoms. The first kappa shape index (κ1) is 22.5. The molecule has 1 atom stereocenters. The van der Waals surface area contributed by atoms with Crippen molar-refractivity contribution in [2.75, 3.05) is 24.6 Å². The van der Waals surface area contributed by atoms with Crippen LogP contribution < -0.4 is 10.9 Å². The summed E-state index contributed by atoms with van der Waals surface area (Å²) in [6.07, 6.45) is 1.30. The summed E-state index contributed by atoms with van der Waals surface area (Å²) in [5, 5.41) is 14.2. The highest BCUT2D eigenvalue weighted by Crippen LogP contribution is 2.23. The Balaban J connectivity index is 1.47. The number of para-hydroxylation sites is 1. The smallest absolute Gasteiger partial charge is 0.294 e. The van der Waals surface area contributed by atoms with Gasteiger partial charge >= 0.3 is 0 Å². The number of aromatic hydroxyl groups is 1. The average Bonchev–Trinajstić information content (AvgIpc) is 3.22. The number of carbonyl (C=O) groups excluding carboxylic acids is 2. The standard InChI is InChI=1S/C22H23N5O5S/c28-18-15-27(17-9-5-2-6-10-17)25-19(18)21(29)23-24-22(30)20(16-7-3-1-4-8-16)26-11-13-33(31,32)14-12-26/h1-10,15,20,28H,11-14H2,(H,23,29)(H,24,30). The van der Waals surface area contributed by atoms with Gasteiger partial charge in [0.2, 0.25) is 0 Å². The van der Waals surface area contributed by atoms with E-state index in [1.54, 1.807) is 53.4 Å². The second-order valence-corrected chi connectivity index (χ2v) is 9.89. The minimum Gasteiger partial charge on any atom is -0.504 e. The lowest BCUT2D eigenvalue weighted by Crippen LogP contribution is -2.51. The highest BCUT2D eigenvalue weighted by atomic mass is 32.2. The first-order valence-corrected chi connectivity index (χ1v) is 12.1. The van der Waals surface area contributed by atoms with E-state index < -0.39 is 27.7 Å². The van der Waals surface area contributed by atoms with E-state index in [0.717, 1.165) is 0 Å². The van der Waals surface area contributed by atoms with Gasteiger partial charge in [-0.25, -0.2) is 13.1 Å². The number of amides is 2. The van der Waals surface area contributed by atoms with E-state index in [0.29, 0.717) is 11.3 Å². The molecule has 1 unspecified atom stereocenters. The summed E-state index contributed by atoms with van der Waals surface area (Å²) in [7, 11) is -3.13. The maximum absolute atomic E-state index is 13.0. The monoisotopic (exact) mass is 469 g/mol. The molecule has 2 amide bonds. The fourth-order valence-electron chi connectivity index (χ4n) is 3.63. The summed E-state index contributed by atoms with van der Waals surface area (Å²) in [6.45, 7) is 0.400. The highest BCUT2D eigenvalue weighted by Gasteiger charge is 2.33. The van der Waals surface area contributed by atoms with E-state index in [2.05, 4.69) is 16.0 Å². The molecule has 2 aromatic carbocycles. The van der Waals surface area contributed by atoms with Gasteiger partial charge in [0.15, 0.2) is 21.3 Å². The van der Waals surface area contributed by atoms with Gasteiger partial charge in [-0.1, -0.05) is 48.5 Å². The van der Waals surface area contributed by atoms with Crippen molar-refractivity contribution < 1.29 is 23.1 Å². The van der Waals surface area contributed by atoms with Crippen LogP contribution in [0.15, 0.2) is 66.9 Å². The van der Waals surface area contributed by atoms with Crippen molar-refractivity contribution in [2.24, 2.45) is 0 Å². The van der Waals surface area contributed by atoms with E-state index in [1.165, 1.54) is 10.9 Å². The van der Waals surface area contributed by atoms with E-state index in [-0.39, 0.29) is 36.0 Å². The van der Waals surface area contributed by atoms with Crippen LogP contribution in [-0.2, 0) is 14.6 Å². The van der Waals surface area contributed by atoms with Crippen molar-refractivity contribution >= 4 is 21.7 Å². The Bertz CT molecular complexity index is 1230. The lowest BCUT2D eigenvalue weighted by atomic mass is 10.0. The van der Waals surface area contributed by atoms with Gasteiger partial charge in [0.05, 0.1) is 23.4 Å². The molecular weight excluding hydrogens is 446 g/mol. The van der Waals surface area contributed by atoms with E-state index >= 15 is 0 Å². The van der Waals surface area contributed by atoms with Gasteiger partial charge in [0.25, 0.3) is 11.8 Å². The third kappa shape index (κ3) is 5.21. The number of aromatic nitrogens is 2. The van der Waals surface area contributed by atoms with Crippen LogP contribution in [0, 0.1) is 0 Å². The molecule has 0 aliphatic carbocycles. The predicted octanol–water partition coefficient (Wildman–Crippen LogP) is 0.811. The second-order valence-electron chi connectivity index (χ2n) is 7.59. The number of nitrogens with zero attached hydrogens (tertiary/aromatic N) is 3. The van der Waals surface area contributed by atoms with Crippen LogP contribution in [0.4, 0.5) is 0 Å². The Morgan fingerprint density at radius 3 is 2.18 bits per heavy atom. The highest BCUT2D eigenvalue weighted by molar-refractivity contribution is 7.91. The number of benzene rings is 2. The molecule has 172 valence electrons. The van der Waals surface area contributed by atoms with Crippen molar-refractivity contribution in [2.45, 2.75) is 6.04 Å². The first-order valence-electron chi connectivity index (χ1n) is 10.3. The number of hydrazine groups is 1. The molecular formula is C22H23N5O5S. The summed E-state index contributed by atoms with van der Waals surface area (Å²) < 4.78 is 25.0. The number of hydrogen-bond donors (Lipinski definition) is 3. The minimum atomic E-state index is -3.13. The Labute approximate surface area is 190 Å².